The predicted molar refractivity (Wildman–Crippen MR) is 156 cm³/mol. The summed E-state index contributed by atoms with van der Waals surface area (Å²) in [5, 5.41) is 0. The number of esters is 1. The number of carbonyl (C=O) groups excluding carboxylic acids is 3. The van der Waals surface area contributed by atoms with Crippen LogP contribution in [-0.2, 0) is 19.0 Å². The number of benzene rings is 1. The number of hydrogen-bond acceptors (Lipinski definition) is 7. The van der Waals surface area contributed by atoms with E-state index in [1.807, 2.05) is 41.3 Å². The molecule has 8 nitrogen and oxygen atoms in total. The standard InChI is InChI=1S/C31H42N2O6S.ClH/c1-20(2)37-31(36)39-22(4)38-30(35)28-26(19-27(40-28)23-9-7-6-8-10-23)33(25-15-17-32(5)18-16-25)29(34)24-13-11-21(3)12-14-24;/h6-10,19-22,24-25H,11-18H2,1-5H3;1H. The number of likely N-dealkylation sites (tertiary alicyclic amines) is 1. The summed E-state index contributed by atoms with van der Waals surface area (Å²) >= 11 is 1.30. The van der Waals surface area contributed by atoms with Crippen molar-refractivity contribution >= 4 is 35.1 Å². The average Bonchev–Trinajstić information content (AvgIpc) is 3.35. The molecule has 0 radical (unpaired) electrons. The van der Waals surface area contributed by atoms with Crippen LogP contribution in [0.3, 0.4) is 0 Å². The maximum Gasteiger partial charge on any atom is 0.511 e. The molecule has 1 amide bonds. The highest BCUT2D eigenvalue weighted by atomic mass is 35.5. The van der Waals surface area contributed by atoms with E-state index in [1.165, 1.54) is 23.2 Å². The Bertz CT molecular complexity index is 1160. The van der Waals surface area contributed by atoms with Crippen LogP contribution in [0.5, 0.6) is 0 Å². The smallest absolute Gasteiger partial charge is 0.511 e. The summed E-state index contributed by atoms with van der Waals surface area (Å²) in [6.07, 6.45) is 3.14. The molecule has 2 fully saturated rings. The first-order valence-corrected chi connectivity index (χ1v) is 15.4. The zero-order valence-electron chi connectivity index (χ0n) is 24.7. The highest BCUT2D eigenvalue weighted by Gasteiger charge is 2.38. The number of halogens is 1. The lowest BCUT2D eigenvalue weighted by Gasteiger charge is -2.38. The zero-order chi connectivity index (χ0) is 28.8. The van der Waals surface area contributed by atoms with Gasteiger partial charge in [-0.1, -0.05) is 37.3 Å². The maximum absolute atomic E-state index is 14.3. The second kappa shape index (κ2) is 15.0. The maximum atomic E-state index is 14.3. The van der Waals surface area contributed by atoms with Crippen molar-refractivity contribution in [3.05, 3.63) is 41.3 Å². The molecular weight excluding hydrogens is 564 g/mol. The lowest BCUT2D eigenvalue weighted by atomic mass is 9.82. The van der Waals surface area contributed by atoms with Gasteiger partial charge in [-0.3, -0.25) is 4.79 Å². The van der Waals surface area contributed by atoms with E-state index >= 15 is 0 Å². The van der Waals surface area contributed by atoms with E-state index in [1.54, 1.807) is 13.8 Å². The highest BCUT2D eigenvalue weighted by Crippen LogP contribution is 2.41. The number of amides is 1. The van der Waals surface area contributed by atoms with Crippen molar-refractivity contribution in [2.24, 2.45) is 11.8 Å². The topological polar surface area (TPSA) is 86.6 Å². The van der Waals surface area contributed by atoms with Crippen LogP contribution in [-0.4, -0.2) is 56.6 Å². The molecule has 226 valence electrons. The van der Waals surface area contributed by atoms with Crippen molar-refractivity contribution in [3.63, 3.8) is 0 Å². The summed E-state index contributed by atoms with van der Waals surface area (Å²) in [4.78, 5) is 44.5. The summed E-state index contributed by atoms with van der Waals surface area (Å²) in [7, 11) is 2.18. The van der Waals surface area contributed by atoms with Crippen LogP contribution in [0.4, 0.5) is 10.5 Å². The number of carbonyl (C=O) groups is 3. The first-order chi connectivity index (χ1) is 19.1. The average molecular weight is 607 g/mol. The monoisotopic (exact) mass is 606 g/mol. The van der Waals surface area contributed by atoms with Gasteiger partial charge in [-0.15, -0.1) is 11.3 Å². The van der Waals surface area contributed by atoms with E-state index in [0.29, 0.717) is 16.5 Å². The lowest BCUT2D eigenvalue weighted by Crippen LogP contribution is -3.10. The first-order valence-electron chi connectivity index (χ1n) is 14.5. The van der Waals surface area contributed by atoms with Gasteiger partial charge in [0.05, 0.1) is 31.9 Å². The molecule has 1 aliphatic carbocycles. The number of nitrogens with one attached hydrogen (secondary N) is 1. The van der Waals surface area contributed by atoms with E-state index in [0.717, 1.165) is 62.1 Å². The van der Waals surface area contributed by atoms with Crippen LogP contribution in [0.15, 0.2) is 36.4 Å². The van der Waals surface area contributed by atoms with Crippen LogP contribution < -0.4 is 22.2 Å². The molecule has 0 spiro atoms. The second-order valence-electron chi connectivity index (χ2n) is 11.6. The van der Waals surface area contributed by atoms with Gasteiger partial charge in [0.1, 0.15) is 4.88 Å². The van der Waals surface area contributed by atoms with Gasteiger partial charge < -0.3 is 36.4 Å². The Kier molecular flexibility index (Phi) is 12.1. The molecule has 1 atom stereocenters. The first kappa shape index (κ1) is 32.9. The highest BCUT2D eigenvalue weighted by molar-refractivity contribution is 7.18. The van der Waals surface area contributed by atoms with Crippen LogP contribution in [0, 0.1) is 11.8 Å². The molecule has 2 aliphatic rings. The Balaban J connectivity index is 0.00000462. The van der Waals surface area contributed by atoms with Crippen molar-refractivity contribution in [2.45, 2.75) is 84.7 Å². The van der Waals surface area contributed by atoms with Gasteiger partial charge in [0.15, 0.2) is 0 Å². The largest absolute Gasteiger partial charge is 1.00 e. The van der Waals surface area contributed by atoms with Crippen LogP contribution in [0.25, 0.3) is 10.4 Å². The van der Waals surface area contributed by atoms with E-state index in [-0.39, 0.29) is 36.4 Å². The molecule has 1 saturated heterocycles. The molecule has 4 rings (SSSR count). The third kappa shape index (κ3) is 8.69. The quantitative estimate of drug-likeness (QED) is 0.367. The Labute approximate surface area is 253 Å². The Morgan fingerprint density at radius 1 is 0.927 bits per heavy atom. The van der Waals surface area contributed by atoms with Crippen molar-refractivity contribution in [3.8, 4) is 10.4 Å². The van der Waals surface area contributed by atoms with Crippen molar-refractivity contribution in [1.82, 2.24) is 0 Å². The minimum atomic E-state index is -1.15. The molecule has 1 aromatic heterocycles. The number of anilines is 1. The van der Waals surface area contributed by atoms with E-state index in [9.17, 15) is 14.4 Å². The summed E-state index contributed by atoms with van der Waals surface area (Å²) < 4.78 is 15.7. The molecular formula is C31H43ClN2O6S. The molecule has 2 aromatic rings. The second-order valence-corrected chi connectivity index (χ2v) is 12.6. The third-order valence-corrected chi connectivity index (χ3v) is 9.01. The lowest BCUT2D eigenvalue weighted by molar-refractivity contribution is -0.884. The molecule has 1 saturated carbocycles. The molecule has 1 N–H and O–H groups in total. The molecule has 41 heavy (non-hydrogen) atoms. The minimum absolute atomic E-state index is 0. The molecule has 2 heterocycles. The molecule has 10 heteroatoms. The fourth-order valence-corrected chi connectivity index (χ4v) is 6.63. The third-order valence-electron chi connectivity index (χ3n) is 7.86. The fourth-order valence-electron chi connectivity index (χ4n) is 5.59. The van der Waals surface area contributed by atoms with Gasteiger partial charge in [0.25, 0.3) is 0 Å². The van der Waals surface area contributed by atoms with Crippen LogP contribution in [0.2, 0.25) is 0 Å². The Hall–Kier alpha value is -2.62. The number of nitrogens with zero attached hydrogens (tertiary/aromatic N) is 1. The van der Waals surface area contributed by atoms with E-state index in [2.05, 4.69) is 14.0 Å². The van der Waals surface area contributed by atoms with Gasteiger partial charge in [-0.2, -0.15) is 0 Å². The summed E-state index contributed by atoms with van der Waals surface area (Å²) in [5.74, 6) is 0.0539. The number of ether oxygens (including phenoxy) is 3. The van der Waals surface area contributed by atoms with Gasteiger partial charge >= 0.3 is 12.1 Å². The predicted octanol–water partition coefficient (Wildman–Crippen LogP) is 2.32. The van der Waals surface area contributed by atoms with E-state index < -0.39 is 18.4 Å². The summed E-state index contributed by atoms with van der Waals surface area (Å²) in [6.45, 7) is 9.09. The molecule has 1 aliphatic heterocycles. The Morgan fingerprint density at radius 3 is 2.17 bits per heavy atom. The SMILES string of the molecule is CC1CCC(C(=O)N(c2cc(-c3ccccc3)sc2C(=O)OC(C)OC(=O)OC(C)C)C2CC[NH+](C)CC2)CC1.[Cl-]. The zero-order valence-corrected chi connectivity index (χ0v) is 26.3. The number of piperidine rings is 1. The van der Waals surface area contributed by atoms with Gasteiger partial charge in [-0.05, 0) is 57.1 Å². The van der Waals surface area contributed by atoms with Gasteiger partial charge in [-0.25, -0.2) is 9.59 Å². The van der Waals surface area contributed by atoms with Crippen LogP contribution in [0.1, 0.15) is 75.9 Å². The summed E-state index contributed by atoms with van der Waals surface area (Å²) in [5.41, 5.74) is 1.56. The number of rotatable bonds is 8. The van der Waals surface area contributed by atoms with Gasteiger partial charge in [0, 0.05) is 36.6 Å². The minimum Gasteiger partial charge on any atom is -1.00 e. The number of hydrogen-bond donors (Lipinski definition) is 1. The number of thiophene rings is 1. The fraction of sp³-hybridized carbons (Fsp3) is 0.581. The van der Waals surface area contributed by atoms with Crippen molar-refractivity contribution in [1.29, 1.82) is 0 Å². The van der Waals surface area contributed by atoms with Gasteiger partial charge in [0.2, 0.25) is 12.2 Å². The summed E-state index contributed by atoms with van der Waals surface area (Å²) in [6, 6.07) is 11.8. The van der Waals surface area contributed by atoms with Crippen molar-refractivity contribution in [2.75, 3.05) is 25.0 Å². The molecule has 1 unspecified atom stereocenters. The number of quaternary nitrogens is 1. The molecule has 1 aromatic carbocycles. The molecule has 0 bridgehead atoms. The van der Waals surface area contributed by atoms with Crippen molar-refractivity contribution < 1.29 is 45.9 Å². The van der Waals surface area contributed by atoms with Crippen LogP contribution >= 0.6 is 11.3 Å². The normalized spacial score (nSPS) is 23.2. The Morgan fingerprint density at radius 2 is 1.56 bits per heavy atom. The van der Waals surface area contributed by atoms with E-state index in [4.69, 9.17) is 14.2 Å².